The highest BCUT2D eigenvalue weighted by molar-refractivity contribution is 4.75. The van der Waals surface area contributed by atoms with Gasteiger partial charge < -0.3 is 0 Å². The molecule has 0 bridgehead atoms. The van der Waals surface area contributed by atoms with Crippen molar-refractivity contribution in [2.24, 2.45) is 0 Å². The minimum absolute atomic E-state index is 1.23. The quantitative estimate of drug-likeness (QED) is 0.496. The smallest absolute Gasteiger partial charge is 0.0353 e. The van der Waals surface area contributed by atoms with Gasteiger partial charge in [-0.25, -0.2) is 0 Å². The third-order valence-corrected chi connectivity index (χ3v) is 0.691. The molecule has 0 saturated heterocycles. The van der Waals surface area contributed by atoms with Crippen LogP contribution >= 0.6 is 0 Å². The predicted molar refractivity (Wildman–Crippen MR) is 45.6 cm³/mol. The summed E-state index contributed by atoms with van der Waals surface area (Å²) in [4.78, 5) is 0. The van der Waals surface area contributed by atoms with Crippen LogP contribution in [0.3, 0.4) is 0 Å². The van der Waals surface area contributed by atoms with Crippen LogP contribution in [-0.4, -0.2) is 0 Å². The van der Waals surface area contributed by atoms with E-state index in [0.717, 1.165) is 0 Å². The van der Waals surface area contributed by atoms with E-state index in [1.807, 2.05) is 6.92 Å². The molecule has 0 spiro atoms. The molecule has 0 aromatic carbocycles. The minimum atomic E-state index is 1.23. The van der Waals surface area contributed by atoms with Gasteiger partial charge in [0.15, 0.2) is 0 Å². The van der Waals surface area contributed by atoms with Crippen molar-refractivity contribution in [3.63, 3.8) is 0 Å². The van der Waals surface area contributed by atoms with E-state index in [-0.39, 0.29) is 0 Å². The van der Waals surface area contributed by atoms with E-state index in [1.54, 1.807) is 6.08 Å². The first kappa shape index (κ1) is 11.3. The van der Waals surface area contributed by atoms with Crippen molar-refractivity contribution in [2.45, 2.75) is 33.6 Å². The fourth-order valence-corrected chi connectivity index (χ4v) is 0.333. The zero-order valence-corrected chi connectivity index (χ0v) is 6.85. The van der Waals surface area contributed by atoms with E-state index in [9.17, 15) is 0 Å². The molecule has 0 atom stereocenters. The van der Waals surface area contributed by atoms with Crippen LogP contribution in [-0.2, 0) is 0 Å². The van der Waals surface area contributed by atoms with Crippen molar-refractivity contribution in [3.8, 4) is 0 Å². The zero-order valence-electron chi connectivity index (χ0n) is 6.85. The second-order valence-corrected chi connectivity index (χ2v) is 1.77. The fraction of sp³-hybridized carbons (Fsp3) is 0.556. The molecular formula is C9H18. The lowest BCUT2D eigenvalue weighted by atomic mass is 10.3. The second kappa shape index (κ2) is 15.6. The summed E-state index contributed by atoms with van der Waals surface area (Å²) in [7, 11) is 0. The third-order valence-electron chi connectivity index (χ3n) is 0.691. The molecule has 0 saturated carbocycles. The van der Waals surface area contributed by atoms with Gasteiger partial charge >= 0.3 is 0 Å². The maximum atomic E-state index is 3.36. The summed E-state index contributed by atoms with van der Waals surface area (Å²) in [6.07, 6.45) is 8.52. The molecule has 0 aliphatic rings. The molecule has 0 unspecified atom stereocenters. The Morgan fingerprint density at radius 1 is 1.33 bits per heavy atom. The maximum absolute atomic E-state index is 3.36. The van der Waals surface area contributed by atoms with Crippen LogP contribution in [0.5, 0.6) is 0 Å². The topological polar surface area (TPSA) is 0 Å². The van der Waals surface area contributed by atoms with Crippen molar-refractivity contribution < 1.29 is 0 Å². The van der Waals surface area contributed by atoms with E-state index >= 15 is 0 Å². The summed E-state index contributed by atoms with van der Waals surface area (Å²) in [5.74, 6) is 0. The Hall–Kier alpha value is -0.520. The van der Waals surface area contributed by atoms with E-state index in [2.05, 4.69) is 32.6 Å². The summed E-state index contributed by atoms with van der Waals surface area (Å²) in [5, 5.41) is 0. The van der Waals surface area contributed by atoms with Crippen LogP contribution in [0.15, 0.2) is 24.8 Å². The van der Waals surface area contributed by atoms with Gasteiger partial charge in [-0.1, -0.05) is 31.6 Å². The molecular weight excluding hydrogens is 108 g/mol. The Morgan fingerprint density at radius 3 is 1.89 bits per heavy atom. The molecule has 0 aromatic rings. The third kappa shape index (κ3) is 36.5. The molecule has 0 aliphatic carbocycles. The van der Waals surface area contributed by atoms with Crippen molar-refractivity contribution in [2.75, 3.05) is 0 Å². The Balaban J connectivity index is 0. The lowest BCUT2D eigenvalue weighted by Crippen LogP contribution is -1.55. The molecule has 0 heteroatoms. The largest absolute Gasteiger partial charge is 0.103 e. The van der Waals surface area contributed by atoms with Gasteiger partial charge in [0.25, 0.3) is 0 Å². The molecule has 9 heavy (non-hydrogen) atoms. The lowest BCUT2D eigenvalue weighted by Gasteiger charge is -1.76. The summed E-state index contributed by atoms with van der Waals surface area (Å²) >= 11 is 0. The standard InChI is InChI=1S/C6H12.C3H6/c1-3-5-6-4-2;1-3-2/h3,5H,4,6H2,1-2H3;3H,1H2,2H3/b5-3-;. The average molecular weight is 126 g/mol. The number of hydrogen-bond acceptors (Lipinski definition) is 0. The Kier molecular flexibility index (Phi) is 19.6. The molecule has 54 valence electrons. The second-order valence-electron chi connectivity index (χ2n) is 1.77. The van der Waals surface area contributed by atoms with Crippen molar-refractivity contribution in [1.82, 2.24) is 0 Å². The molecule has 0 aliphatic heterocycles. The highest BCUT2D eigenvalue weighted by Crippen LogP contribution is 1.85. The van der Waals surface area contributed by atoms with Crippen molar-refractivity contribution in [1.29, 1.82) is 0 Å². The molecule has 0 heterocycles. The van der Waals surface area contributed by atoms with Gasteiger partial charge in [0.2, 0.25) is 0 Å². The van der Waals surface area contributed by atoms with Crippen molar-refractivity contribution in [3.05, 3.63) is 24.8 Å². The van der Waals surface area contributed by atoms with Crippen LogP contribution in [0, 0.1) is 0 Å². The van der Waals surface area contributed by atoms with Crippen LogP contribution < -0.4 is 0 Å². The lowest BCUT2D eigenvalue weighted by molar-refractivity contribution is 0.957. The van der Waals surface area contributed by atoms with Crippen LogP contribution in [0.4, 0.5) is 0 Å². The Bertz CT molecular complexity index is 60.4. The summed E-state index contributed by atoms with van der Waals surface area (Å²) < 4.78 is 0. The first-order chi connectivity index (χ1) is 4.33. The Morgan fingerprint density at radius 2 is 1.78 bits per heavy atom. The molecule has 0 amide bonds. The molecule has 0 fully saturated rings. The Labute approximate surface area is 59.3 Å². The highest BCUT2D eigenvalue weighted by atomic mass is 13.7. The zero-order chi connectivity index (χ0) is 7.54. The number of hydrogen-bond donors (Lipinski definition) is 0. The van der Waals surface area contributed by atoms with Gasteiger partial charge in [0, 0.05) is 0 Å². The number of unbranched alkanes of at least 4 members (excludes halogenated alkanes) is 1. The highest BCUT2D eigenvalue weighted by Gasteiger charge is 1.64. The maximum Gasteiger partial charge on any atom is -0.0353 e. The first-order valence-corrected chi connectivity index (χ1v) is 3.51. The normalized spacial score (nSPS) is 8.33. The van der Waals surface area contributed by atoms with Gasteiger partial charge in [0.1, 0.15) is 0 Å². The van der Waals surface area contributed by atoms with E-state index in [0.29, 0.717) is 0 Å². The van der Waals surface area contributed by atoms with Crippen LogP contribution in [0.1, 0.15) is 33.6 Å². The van der Waals surface area contributed by atoms with E-state index < -0.39 is 0 Å². The van der Waals surface area contributed by atoms with Gasteiger partial charge in [0.05, 0.1) is 0 Å². The molecule has 0 radical (unpaired) electrons. The minimum Gasteiger partial charge on any atom is -0.103 e. The van der Waals surface area contributed by atoms with Gasteiger partial charge in [-0.05, 0) is 20.3 Å². The first-order valence-electron chi connectivity index (χ1n) is 3.51. The summed E-state index contributed by atoms with van der Waals surface area (Å²) in [5.41, 5.74) is 0. The van der Waals surface area contributed by atoms with Crippen LogP contribution in [0.25, 0.3) is 0 Å². The van der Waals surface area contributed by atoms with Gasteiger partial charge in [-0.3, -0.25) is 0 Å². The van der Waals surface area contributed by atoms with E-state index in [4.69, 9.17) is 0 Å². The summed E-state index contributed by atoms with van der Waals surface area (Å²) in [6.45, 7) is 9.48. The number of rotatable bonds is 2. The molecule has 0 N–H and O–H groups in total. The monoisotopic (exact) mass is 126 g/mol. The van der Waals surface area contributed by atoms with Gasteiger partial charge in [-0.15, -0.1) is 6.58 Å². The van der Waals surface area contributed by atoms with E-state index in [1.165, 1.54) is 12.8 Å². The van der Waals surface area contributed by atoms with Gasteiger partial charge in [-0.2, -0.15) is 0 Å². The SMILES string of the molecule is C/C=C\CCC.C=CC. The molecule has 0 nitrogen and oxygen atoms in total. The number of allylic oxidation sites excluding steroid dienone is 3. The average Bonchev–Trinajstić information content (AvgIpc) is 1.86. The predicted octanol–water partition coefficient (Wildman–Crippen LogP) is 3.55. The molecule has 0 aromatic heterocycles. The van der Waals surface area contributed by atoms with Crippen LogP contribution in [0.2, 0.25) is 0 Å². The molecule has 0 rings (SSSR count). The summed E-state index contributed by atoms with van der Waals surface area (Å²) in [6, 6.07) is 0. The fourth-order valence-electron chi connectivity index (χ4n) is 0.333. The van der Waals surface area contributed by atoms with Crippen molar-refractivity contribution >= 4 is 0 Å².